The lowest BCUT2D eigenvalue weighted by Gasteiger charge is -2.13. The summed E-state index contributed by atoms with van der Waals surface area (Å²) in [6, 6.07) is 4.26. The van der Waals surface area contributed by atoms with Gasteiger partial charge in [-0.15, -0.1) is 0 Å². The normalized spacial score (nSPS) is 12.4. The van der Waals surface area contributed by atoms with Crippen LogP contribution in [0.2, 0.25) is 0 Å². The van der Waals surface area contributed by atoms with E-state index in [9.17, 15) is 4.39 Å². The average Bonchev–Trinajstić information content (AvgIpc) is 2.76. The molecule has 0 spiro atoms. The number of ether oxygens (including phenoxy) is 1. The van der Waals surface area contributed by atoms with Gasteiger partial charge in [-0.3, -0.25) is 4.68 Å². The van der Waals surface area contributed by atoms with Gasteiger partial charge in [0.05, 0.1) is 12.4 Å². The molecule has 1 atom stereocenters. The molecule has 102 valence electrons. The molecular formula is C14H18FN3O. The predicted molar refractivity (Wildman–Crippen MR) is 71.6 cm³/mol. The molecule has 2 N–H and O–H groups in total. The molecule has 0 fully saturated rings. The summed E-state index contributed by atoms with van der Waals surface area (Å²) in [5.41, 5.74) is 6.16. The largest absolute Gasteiger partial charge is 0.454 e. The molecule has 0 aliphatic heterocycles. The molecule has 19 heavy (non-hydrogen) atoms. The quantitative estimate of drug-likeness (QED) is 0.901. The van der Waals surface area contributed by atoms with Gasteiger partial charge in [0.1, 0.15) is 11.6 Å². The Kier molecular flexibility index (Phi) is 4.16. The molecule has 0 aliphatic rings. The maximum Gasteiger partial charge on any atom is 0.165 e. The fourth-order valence-electron chi connectivity index (χ4n) is 1.92. The Morgan fingerprint density at radius 1 is 1.47 bits per heavy atom. The summed E-state index contributed by atoms with van der Waals surface area (Å²) >= 11 is 0. The molecule has 1 unspecified atom stereocenters. The minimum absolute atomic E-state index is 0.353. The number of rotatable bonds is 5. The zero-order valence-corrected chi connectivity index (χ0v) is 11.1. The standard InChI is InChI=1S/C14H18FN3O/c1-3-7-18-9-11(8-17-18)19-13-6-4-5-12(15)14(13)10(2)16/h4-6,8-10H,3,7,16H2,1-2H3. The van der Waals surface area contributed by atoms with Crippen LogP contribution in [0.3, 0.4) is 0 Å². The van der Waals surface area contributed by atoms with Gasteiger partial charge in [-0.05, 0) is 25.5 Å². The van der Waals surface area contributed by atoms with E-state index < -0.39 is 6.04 Å². The van der Waals surface area contributed by atoms with E-state index >= 15 is 0 Å². The maximum absolute atomic E-state index is 13.7. The summed E-state index contributed by atoms with van der Waals surface area (Å²) in [7, 11) is 0. The van der Waals surface area contributed by atoms with Gasteiger partial charge in [0.2, 0.25) is 0 Å². The molecular weight excluding hydrogens is 245 g/mol. The second-order valence-electron chi connectivity index (χ2n) is 4.48. The minimum Gasteiger partial charge on any atom is -0.454 e. The Morgan fingerprint density at radius 3 is 2.95 bits per heavy atom. The maximum atomic E-state index is 13.7. The third kappa shape index (κ3) is 3.12. The van der Waals surface area contributed by atoms with Gasteiger partial charge in [-0.1, -0.05) is 13.0 Å². The van der Waals surface area contributed by atoms with E-state index in [1.165, 1.54) is 6.07 Å². The zero-order chi connectivity index (χ0) is 13.8. The van der Waals surface area contributed by atoms with Crippen molar-refractivity contribution in [3.8, 4) is 11.5 Å². The third-order valence-electron chi connectivity index (χ3n) is 2.76. The summed E-state index contributed by atoms with van der Waals surface area (Å²) < 4.78 is 21.2. The van der Waals surface area contributed by atoms with Crippen molar-refractivity contribution in [2.24, 2.45) is 5.73 Å². The van der Waals surface area contributed by atoms with Crippen molar-refractivity contribution in [1.29, 1.82) is 0 Å². The fraction of sp³-hybridized carbons (Fsp3) is 0.357. The molecule has 0 amide bonds. The van der Waals surface area contributed by atoms with E-state index in [4.69, 9.17) is 10.5 Å². The van der Waals surface area contributed by atoms with Crippen molar-refractivity contribution in [2.75, 3.05) is 0 Å². The Bertz CT molecular complexity index is 551. The number of hydrogen-bond donors (Lipinski definition) is 1. The first-order valence-corrected chi connectivity index (χ1v) is 6.36. The molecule has 1 aromatic heterocycles. The zero-order valence-electron chi connectivity index (χ0n) is 11.1. The molecule has 2 aromatic rings. The fourth-order valence-corrected chi connectivity index (χ4v) is 1.92. The highest BCUT2D eigenvalue weighted by atomic mass is 19.1. The molecule has 5 heteroatoms. The highest BCUT2D eigenvalue weighted by molar-refractivity contribution is 5.39. The topological polar surface area (TPSA) is 53.1 Å². The predicted octanol–water partition coefficient (Wildman–Crippen LogP) is 3.24. The van der Waals surface area contributed by atoms with Gasteiger partial charge < -0.3 is 10.5 Å². The lowest BCUT2D eigenvalue weighted by atomic mass is 10.1. The molecule has 0 aliphatic carbocycles. The second-order valence-corrected chi connectivity index (χ2v) is 4.48. The van der Waals surface area contributed by atoms with Crippen LogP contribution in [0.5, 0.6) is 11.5 Å². The van der Waals surface area contributed by atoms with E-state index in [2.05, 4.69) is 12.0 Å². The highest BCUT2D eigenvalue weighted by Gasteiger charge is 2.14. The van der Waals surface area contributed by atoms with Crippen molar-refractivity contribution >= 4 is 0 Å². The number of aryl methyl sites for hydroxylation is 1. The number of benzene rings is 1. The number of halogens is 1. The molecule has 0 saturated heterocycles. The summed E-state index contributed by atoms with van der Waals surface area (Å²) in [4.78, 5) is 0. The Labute approximate surface area is 112 Å². The van der Waals surface area contributed by atoms with Crippen LogP contribution in [0.1, 0.15) is 31.9 Å². The van der Waals surface area contributed by atoms with Crippen LogP contribution < -0.4 is 10.5 Å². The van der Waals surface area contributed by atoms with Crippen molar-refractivity contribution in [1.82, 2.24) is 9.78 Å². The summed E-state index contributed by atoms with van der Waals surface area (Å²) in [5, 5.41) is 4.17. The molecule has 2 rings (SSSR count). The van der Waals surface area contributed by atoms with E-state index in [0.717, 1.165) is 13.0 Å². The lowest BCUT2D eigenvalue weighted by Crippen LogP contribution is -2.09. The van der Waals surface area contributed by atoms with Crippen LogP contribution in [0.25, 0.3) is 0 Å². The van der Waals surface area contributed by atoms with E-state index in [-0.39, 0.29) is 5.82 Å². The van der Waals surface area contributed by atoms with Gasteiger partial charge in [0.15, 0.2) is 5.75 Å². The van der Waals surface area contributed by atoms with Gasteiger partial charge in [0, 0.05) is 18.2 Å². The van der Waals surface area contributed by atoms with Gasteiger partial charge >= 0.3 is 0 Å². The molecule has 4 nitrogen and oxygen atoms in total. The lowest BCUT2D eigenvalue weighted by molar-refractivity contribution is 0.459. The average molecular weight is 263 g/mol. The van der Waals surface area contributed by atoms with Crippen molar-refractivity contribution in [3.63, 3.8) is 0 Å². The van der Waals surface area contributed by atoms with Crippen LogP contribution in [-0.4, -0.2) is 9.78 Å². The van der Waals surface area contributed by atoms with Gasteiger partial charge in [0.25, 0.3) is 0 Å². The monoisotopic (exact) mass is 263 g/mol. The first-order valence-electron chi connectivity index (χ1n) is 6.36. The molecule has 0 bridgehead atoms. The molecule has 1 heterocycles. The van der Waals surface area contributed by atoms with Gasteiger partial charge in [-0.25, -0.2) is 4.39 Å². The van der Waals surface area contributed by atoms with Crippen LogP contribution in [0, 0.1) is 5.82 Å². The van der Waals surface area contributed by atoms with Crippen LogP contribution in [0.4, 0.5) is 4.39 Å². The van der Waals surface area contributed by atoms with E-state index in [0.29, 0.717) is 17.1 Å². The Morgan fingerprint density at radius 2 is 2.26 bits per heavy atom. The smallest absolute Gasteiger partial charge is 0.165 e. The van der Waals surface area contributed by atoms with Crippen LogP contribution in [-0.2, 0) is 6.54 Å². The number of hydrogen-bond acceptors (Lipinski definition) is 3. The molecule has 0 radical (unpaired) electrons. The van der Waals surface area contributed by atoms with Crippen LogP contribution in [0.15, 0.2) is 30.6 Å². The SMILES string of the molecule is CCCn1cc(Oc2cccc(F)c2C(C)N)cn1. The summed E-state index contributed by atoms with van der Waals surface area (Å²) in [5.74, 6) is 0.667. The van der Waals surface area contributed by atoms with Crippen LogP contribution >= 0.6 is 0 Å². The van der Waals surface area contributed by atoms with Gasteiger partial charge in [-0.2, -0.15) is 5.10 Å². The first kappa shape index (κ1) is 13.5. The Hall–Kier alpha value is -1.88. The minimum atomic E-state index is -0.429. The summed E-state index contributed by atoms with van der Waals surface area (Å²) in [6.45, 7) is 4.63. The highest BCUT2D eigenvalue weighted by Crippen LogP contribution is 2.30. The van der Waals surface area contributed by atoms with Crippen molar-refractivity contribution < 1.29 is 9.13 Å². The third-order valence-corrected chi connectivity index (χ3v) is 2.76. The number of nitrogens with two attached hydrogens (primary N) is 1. The van der Waals surface area contributed by atoms with E-state index in [1.54, 1.807) is 36.1 Å². The second kappa shape index (κ2) is 5.84. The number of nitrogens with zero attached hydrogens (tertiary/aromatic N) is 2. The van der Waals surface area contributed by atoms with Crippen molar-refractivity contribution in [2.45, 2.75) is 32.9 Å². The van der Waals surface area contributed by atoms with Crippen molar-refractivity contribution in [3.05, 3.63) is 42.0 Å². The molecule has 0 saturated carbocycles. The summed E-state index contributed by atoms with van der Waals surface area (Å²) in [6.07, 6.45) is 4.40. The number of aromatic nitrogens is 2. The van der Waals surface area contributed by atoms with E-state index in [1.807, 2.05) is 0 Å². The molecule has 1 aromatic carbocycles. The Balaban J connectivity index is 2.25. The first-order chi connectivity index (χ1) is 9.11.